The number of anilines is 1. The molecule has 0 radical (unpaired) electrons. The van der Waals surface area contributed by atoms with Crippen LogP contribution in [0.1, 0.15) is 6.92 Å². The maximum Gasteiger partial charge on any atom is 0.142 e. The molecule has 0 aliphatic heterocycles. The molecule has 0 saturated heterocycles. The van der Waals surface area contributed by atoms with Gasteiger partial charge in [-0.25, -0.2) is 0 Å². The quantitative estimate of drug-likeness (QED) is 0.863. The standard InChI is InChI=1S/C13H15NO.HI/c1-3-14-13-11-7-5-4-6-10(11)8-9-12(13)15-2;/h4-9,14H,3H2,1-2H3;1H. The molecule has 0 saturated carbocycles. The van der Waals surface area contributed by atoms with Crippen LogP contribution in [0.25, 0.3) is 10.8 Å². The van der Waals surface area contributed by atoms with E-state index in [1.165, 1.54) is 10.8 Å². The number of benzene rings is 2. The molecule has 0 unspecified atom stereocenters. The van der Waals surface area contributed by atoms with Crippen LogP contribution in [0.3, 0.4) is 0 Å². The predicted octanol–water partition coefficient (Wildman–Crippen LogP) is 3.90. The molecule has 2 aromatic carbocycles. The van der Waals surface area contributed by atoms with Crippen LogP contribution in [0.2, 0.25) is 0 Å². The van der Waals surface area contributed by atoms with Crippen molar-refractivity contribution in [2.45, 2.75) is 6.92 Å². The van der Waals surface area contributed by atoms with E-state index in [-0.39, 0.29) is 24.0 Å². The number of ether oxygens (including phenoxy) is 1. The number of methoxy groups -OCH3 is 1. The van der Waals surface area contributed by atoms with Gasteiger partial charge in [0.05, 0.1) is 12.8 Å². The van der Waals surface area contributed by atoms with Crippen molar-refractivity contribution in [2.24, 2.45) is 0 Å². The highest BCUT2D eigenvalue weighted by Crippen LogP contribution is 2.32. The van der Waals surface area contributed by atoms with Crippen molar-refractivity contribution < 1.29 is 4.74 Å². The SMILES string of the molecule is CCNc1c(OC)ccc2ccccc12.I. The van der Waals surface area contributed by atoms with E-state index in [0.29, 0.717) is 0 Å². The molecule has 2 aromatic rings. The fourth-order valence-electron chi connectivity index (χ4n) is 1.78. The zero-order chi connectivity index (χ0) is 10.7. The maximum atomic E-state index is 5.34. The minimum atomic E-state index is 0. The highest BCUT2D eigenvalue weighted by atomic mass is 127. The number of hydrogen-bond donors (Lipinski definition) is 1. The lowest BCUT2D eigenvalue weighted by atomic mass is 10.1. The molecule has 2 nitrogen and oxygen atoms in total. The average molecular weight is 329 g/mol. The summed E-state index contributed by atoms with van der Waals surface area (Å²) >= 11 is 0. The second kappa shape index (κ2) is 5.94. The number of nitrogens with one attached hydrogen (secondary N) is 1. The van der Waals surface area contributed by atoms with E-state index in [2.05, 4.69) is 30.4 Å². The summed E-state index contributed by atoms with van der Waals surface area (Å²) in [5.41, 5.74) is 1.08. The molecule has 0 aromatic heterocycles. The Morgan fingerprint density at radius 1 is 1.12 bits per heavy atom. The third-order valence-electron chi connectivity index (χ3n) is 2.46. The molecule has 0 amide bonds. The minimum absolute atomic E-state index is 0. The Bertz CT molecular complexity index is 470. The maximum absolute atomic E-state index is 5.34. The van der Waals surface area contributed by atoms with Crippen LogP contribution in [0, 0.1) is 0 Å². The molecule has 0 fully saturated rings. The van der Waals surface area contributed by atoms with Gasteiger partial charge in [-0.1, -0.05) is 30.3 Å². The van der Waals surface area contributed by atoms with Crippen molar-refractivity contribution in [3.8, 4) is 5.75 Å². The smallest absolute Gasteiger partial charge is 0.142 e. The minimum Gasteiger partial charge on any atom is -0.495 e. The van der Waals surface area contributed by atoms with Gasteiger partial charge >= 0.3 is 0 Å². The topological polar surface area (TPSA) is 21.3 Å². The summed E-state index contributed by atoms with van der Waals surface area (Å²) in [6.07, 6.45) is 0. The summed E-state index contributed by atoms with van der Waals surface area (Å²) in [6, 6.07) is 12.4. The van der Waals surface area contributed by atoms with E-state index in [9.17, 15) is 0 Å². The molecule has 86 valence electrons. The lowest BCUT2D eigenvalue weighted by molar-refractivity contribution is 0.417. The van der Waals surface area contributed by atoms with E-state index in [1.807, 2.05) is 18.2 Å². The van der Waals surface area contributed by atoms with Crippen molar-refractivity contribution in [1.82, 2.24) is 0 Å². The van der Waals surface area contributed by atoms with E-state index in [4.69, 9.17) is 4.74 Å². The molecule has 0 bridgehead atoms. The Hall–Kier alpha value is -0.970. The van der Waals surface area contributed by atoms with Gasteiger partial charge in [-0.3, -0.25) is 0 Å². The monoisotopic (exact) mass is 329 g/mol. The lowest BCUT2D eigenvalue weighted by Gasteiger charge is -2.12. The molecule has 16 heavy (non-hydrogen) atoms. The molecule has 1 N–H and O–H groups in total. The van der Waals surface area contributed by atoms with Gasteiger partial charge in [-0.15, -0.1) is 24.0 Å². The third-order valence-corrected chi connectivity index (χ3v) is 2.46. The van der Waals surface area contributed by atoms with Crippen molar-refractivity contribution in [3.05, 3.63) is 36.4 Å². The number of hydrogen-bond acceptors (Lipinski definition) is 2. The van der Waals surface area contributed by atoms with Crippen molar-refractivity contribution >= 4 is 40.4 Å². The van der Waals surface area contributed by atoms with Gasteiger partial charge < -0.3 is 10.1 Å². The van der Waals surface area contributed by atoms with E-state index < -0.39 is 0 Å². The molecule has 2 rings (SSSR count). The van der Waals surface area contributed by atoms with E-state index >= 15 is 0 Å². The zero-order valence-corrected chi connectivity index (χ0v) is 11.8. The number of rotatable bonds is 3. The van der Waals surface area contributed by atoms with Crippen LogP contribution in [-0.4, -0.2) is 13.7 Å². The van der Waals surface area contributed by atoms with Crippen molar-refractivity contribution in [1.29, 1.82) is 0 Å². The largest absolute Gasteiger partial charge is 0.495 e. The third kappa shape index (κ3) is 2.40. The summed E-state index contributed by atoms with van der Waals surface area (Å²) in [4.78, 5) is 0. The van der Waals surface area contributed by atoms with Crippen molar-refractivity contribution in [3.63, 3.8) is 0 Å². The van der Waals surface area contributed by atoms with E-state index in [0.717, 1.165) is 18.0 Å². The van der Waals surface area contributed by atoms with Gasteiger partial charge in [0.2, 0.25) is 0 Å². The van der Waals surface area contributed by atoms with Crippen LogP contribution in [-0.2, 0) is 0 Å². The number of halogens is 1. The van der Waals surface area contributed by atoms with Crippen molar-refractivity contribution in [2.75, 3.05) is 19.0 Å². The summed E-state index contributed by atoms with van der Waals surface area (Å²) in [5.74, 6) is 0.899. The fourth-order valence-corrected chi connectivity index (χ4v) is 1.78. The first-order valence-electron chi connectivity index (χ1n) is 5.16. The summed E-state index contributed by atoms with van der Waals surface area (Å²) in [5, 5.41) is 5.78. The predicted molar refractivity (Wildman–Crippen MR) is 80.1 cm³/mol. The highest BCUT2D eigenvalue weighted by molar-refractivity contribution is 14.0. The Morgan fingerprint density at radius 2 is 1.88 bits per heavy atom. The van der Waals surface area contributed by atoms with Gasteiger partial charge in [0.25, 0.3) is 0 Å². The van der Waals surface area contributed by atoms with Gasteiger partial charge in [-0.05, 0) is 18.4 Å². The highest BCUT2D eigenvalue weighted by Gasteiger charge is 2.05. The van der Waals surface area contributed by atoms with Crippen LogP contribution >= 0.6 is 24.0 Å². The van der Waals surface area contributed by atoms with Crippen LogP contribution in [0.4, 0.5) is 5.69 Å². The second-order valence-electron chi connectivity index (χ2n) is 3.39. The molecule has 0 atom stereocenters. The first kappa shape index (κ1) is 13.1. The van der Waals surface area contributed by atoms with Gasteiger partial charge in [-0.2, -0.15) is 0 Å². The first-order valence-corrected chi connectivity index (χ1v) is 5.16. The van der Waals surface area contributed by atoms with Crippen LogP contribution < -0.4 is 10.1 Å². The number of fused-ring (bicyclic) bond motifs is 1. The summed E-state index contributed by atoms with van der Waals surface area (Å²) in [6.45, 7) is 2.98. The van der Waals surface area contributed by atoms with Crippen LogP contribution in [0.5, 0.6) is 5.75 Å². The Balaban J connectivity index is 0.00000128. The Labute approximate surface area is 113 Å². The first-order chi connectivity index (χ1) is 7.36. The lowest BCUT2D eigenvalue weighted by Crippen LogP contribution is -2.00. The summed E-state index contributed by atoms with van der Waals surface area (Å²) in [7, 11) is 1.70. The van der Waals surface area contributed by atoms with Gasteiger partial charge in [0, 0.05) is 11.9 Å². The zero-order valence-electron chi connectivity index (χ0n) is 9.49. The van der Waals surface area contributed by atoms with Gasteiger partial charge in [0.15, 0.2) is 0 Å². The van der Waals surface area contributed by atoms with Crippen LogP contribution in [0.15, 0.2) is 36.4 Å². The second-order valence-corrected chi connectivity index (χ2v) is 3.39. The summed E-state index contributed by atoms with van der Waals surface area (Å²) < 4.78 is 5.34. The molecule has 0 aliphatic rings. The molecule has 0 aliphatic carbocycles. The molecular formula is C13H16INO. The Kier molecular flexibility index (Phi) is 4.86. The Morgan fingerprint density at radius 3 is 2.56 bits per heavy atom. The van der Waals surface area contributed by atoms with Gasteiger partial charge in [0.1, 0.15) is 5.75 Å². The molecule has 0 heterocycles. The average Bonchev–Trinajstić information content (AvgIpc) is 2.30. The molecular weight excluding hydrogens is 313 g/mol. The van der Waals surface area contributed by atoms with E-state index in [1.54, 1.807) is 7.11 Å². The molecule has 3 heteroatoms. The fraction of sp³-hybridized carbons (Fsp3) is 0.231. The molecule has 0 spiro atoms. The normalized spacial score (nSPS) is 9.62.